The maximum atomic E-state index is 12.9. The van der Waals surface area contributed by atoms with E-state index in [1.807, 2.05) is 60.4 Å². The van der Waals surface area contributed by atoms with Gasteiger partial charge in [-0.25, -0.2) is 0 Å². The second kappa shape index (κ2) is 8.03. The Morgan fingerprint density at radius 3 is 2.64 bits per heavy atom. The second-order valence-electron chi connectivity index (χ2n) is 7.17. The molecular formula is C22H23ClN2O3. The van der Waals surface area contributed by atoms with Crippen LogP contribution < -0.4 is 4.90 Å². The van der Waals surface area contributed by atoms with E-state index in [-0.39, 0.29) is 12.5 Å². The number of fused-ring (bicyclic) bond motifs is 1. The van der Waals surface area contributed by atoms with Crippen molar-refractivity contribution in [2.75, 3.05) is 31.2 Å². The Kier molecular flexibility index (Phi) is 5.49. The number of nitrogens with zero attached hydrogens (tertiary/aromatic N) is 2. The molecule has 1 saturated heterocycles. The average molecular weight is 399 g/mol. The molecule has 2 heterocycles. The van der Waals surface area contributed by atoms with Crippen molar-refractivity contribution in [2.24, 2.45) is 4.99 Å². The Hall–Kier alpha value is -2.21. The molecule has 6 heteroatoms. The fraction of sp³-hybridized carbons (Fsp3) is 0.364. The average Bonchev–Trinajstić information content (AvgIpc) is 3.08. The standard InChI is InChI=1S/C22H23ClN2O3/c1-22(27-12-13-28-22)10-5-11-25-19-9-8-17(23)14-18(19)21(24-15-20(25)26)16-6-3-2-4-7-16/h2-4,6-9,14H,5,10-13,15H2,1H3. The van der Waals surface area contributed by atoms with E-state index in [1.54, 1.807) is 0 Å². The third-order valence-electron chi connectivity index (χ3n) is 5.14. The highest BCUT2D eigenvalue weighted by Crippen LogP contribution is 2.31. The van der Waals surface area contributed by atoms with E-state index >= 15 is 0 Å². The van der Waals surface area contributed by atoms with Crippen LogP contribution in [0.3, 0.4) is 0 Å². The first-order chi connectivity index (χ1) is 13.6. The molecule has 2 aromatic rings. The number of ether oxygens (including phenoxy) is 2. The maximum absolute atomic E-state index is 12.9. The van der Waals surface area contributed by atoms with Crippen LogP contribution in [0.2, 0.25) is 5.02 Å². The second-order valence-corrected chi connectivity index (χ2v) is 7.61. The van der Waals surface area contributed by atoms with Gasteiger partial charge in [0.25, 0.3) is 0 Å². The molecular weight excluding hydrogens is 376 g/mol. The lowest BCUT2D eigenvalue weighted by atomic mass is 10.00. The van der Waals surface area contributed by atoms with Gasteiger partial charge in [0.05, 0.1) is 24.6 Å². The minimum absolute atomic E-state index is 0.0204. The van der Waals surface area contributed by atoms with E-state index < -0.39 is 5.79 Å². The lowest BCUT2D eigenvalue weighted by Gasteiger charge is -2.26. The van der Waals surface area contributed by atoms with Gasteiger partial charge in [0, 0.05) is 29.1 Å². The summed E-state index contributed by atoms with van der Waals surface area (Å²) in [4.78, 5) is 19.3. The molecule has 0 unspecified atom stereocenters. The molecule has 0 aromatic heterocycles. The minimum atomic E-state index is -0.552. The number of halogens is 1. The number of carbonyl (C=O) groups excluding carboxylic acids is 1. The van der Waals surface area contributed by atoms with Crippen molar-refractivity contribution in [3.05, 3.63) is 64.7 Å². The van der Waals surface area contributed by atoms with Crippen LogP contribution in [-0.4, -0.2) is 43.7 Å². The van der Waals surface area contributed by atoms with Gasteiger partial charge in [0.2, 0.25) is 5.91 Å². The first kappa shape index (κ1) is 19.1. The number of aliphatic imine (C=N–C) groups is 1. The molecule has 0 saturated carbocycles. The van der Waals surface area contributed by atoms with Gasteiger partial charge < -0.3 is 14.4 Å². The van der Waals surface area contributed by atoms with Crippen LogP contribution in [0.25, 0.3) is 0 Å². The minimum Gasteiger partial charge on any atom is -0.348 e. The molecule has 28 heavy (non-hydrogen) atoms. The molecule has 4 rings (SSSR count). The third kappa shape index (κ3) is 3.97. The molecule has 0 bridgehead atoms. The highest BCUT2D eigenvalue weighted by molar-refractivity contribution is 6.32. The number of hydrogen-bond donors (Lipinski definition) is 0. The van der Waals surface area contributed by atoms with Gasteiger partial charge in [0.15, 0.2) is 5.79 Å². The molecule has 2 aliphatic heterocycles. The van der Waals surface area contributed by atoms with Crippen molar-refractivity contribution in [1.82, 2.24) is 0 Å². The van der Waals surface area contributed by atoms with Gasteiger partial charge in [-0.1, -0.05) is 41.9 Å². The summed E-state index contributed by atoms with van der Waals surface area (Å²) in [6.07, 6.45) is 1.50. The fourth-order valence-corrected chi connectivity index (χ4v) is 3.90. The smallest absolute Gasteiger partial charge is 0.248 e. The Labute approximate surface area is 169 Å². The predicted octanol–water partition coefficient (Wildman–Crippen LogP) is 4.07. The molecule has 2 aromatic carbocycles. The quantitative estimate of drug-likeness (QED) is 0.762. The highest BCUT2D eigenvalue weighted by atomic mass is 35.5. The Balaban J connectivity index is 1.62. The first-order valence-electron chi connectivity index (χ1n) is 9.54. The molecule has 1 amide bonds. The van der Waals surface area contributed by atoms with Crippen molar-refractivity contribution >= 4 is 28.9 Å². The summed E-state index contributed by atoms with van der Waals surface area (Å²) in [6.45, 7) is 3.88. The van der Waals surface area contributed by atoms with Crippen molar-refractivity contribution < 1.29 is 14.3 Å². The van der Waals surface area contributed by atoms with E-state index in [0.717, 1.165) is 35.4 Å². The normalized spacial score (nSPS) is 18.6. The van der Waals surface area contributed by atoms with Crippen LogP contribution in [0.1, 0.15) is 30.9 Å². The largest absolute Gasteiger partial charge is 0.348 e. The van der Waals surface area contributed by atoms with Crippen LogP contribution in [0.5, 0.6) is 0 Å². The Morgan fingerprint density at radius 1 is 1.14 bits per heavy atom. The van der Waals surface area contributed by atoms with E-state index in [1.165, 1.54) is 0 Å². The van der Waals surface area contributed by atoms with Gasteiger partial charge >= 0.3 is 0 Å². The van der Waals surface area contributed by atoms with Crippen LogP contribution >= 0.6 is 11.6 Å². The number of rotatable bonds is 5. The van der Waals surface area contributed by atoms with Crippen LogP contribution in [-0.2, 0) is 14.3 Å². The van der Waals surface area contributed by atoms with Crippen LogP contribution in [0, 0.1) is 0 Å². The van der Waals surface area contributed by atoms with Crippen molar-refractivity contribution in [3.63, 3.8) is 0 Å². The molecule has 0 radical (unpaired) electrons. The molecule has 1 fully saturated rings. The monoisotopic (exact) mass is 398 g/mol. The number of amides is 1. The number of benzene rings is 2. The zero-order valence-electron chi connectivity index (χ0n) is 15.9. The summed E-state index contributed by atoms with van der Waals surface area (Å²) in [6, 6.07) is 15.5. The molecule has 0 N–H and O–H groups in total. The number of hydrogen-bond acceptors (Lipinski definition) is 4. The van der Waals surface area contributed by atoms with E-state index in [2.05, 4.69) is 4.99 Å². The summed E-state index contributed by atoms with van der Waals surface area (Å²) in [7, 11) is 0. The van der Waals surface area contributed by atoms with Gasteiger partial charge in [-0.2, -0.15) is 0 Å². The third-order valence-corrected chi connectivity index (χ3v) is 5.37. The highest BCUT2D eigenvalue weighted by Gasteiger charge is 2.31. The zero-order chi connectivity index (χ0) is 19.6. The first-order valence-corrected chi connectivity index (χ1v) is 9.92. The Morgan fingerprint density at radius 2 is 1.89 bits per heavy atom. The van der Waals surface area contributed by atoms with Gasteiger partial charge in [-0.05, 0) is 31.5 Å². The summed E-state index contributed by atoms with van der Waals surface area (Å²) in [5.41, 5.74) is 3.49. The summed E-state index contributed by atoms with van der Waals surface area (Å²) in [5, 5.41) is 0.622. The van der Waals surface area contributed by atoms with Crippen molar-refractivity contribution in [3.8, 4) is 0 Å². The number of anilines is 1. The van der Waals surface area contributed by atoms with Crippen molar-refractivity contribution in [2.45, 2.75) is 25.6 Å². The summed E-state index contributed by atoms with van der Waals surface area (Å²) < 4.78 is 11.4. The molecule has 0 spiro atoms. The molecule has 5 nitrogen and oxygen atoms in total. The van der Waals surface area contributed by atoms with E-state index in [0.29, 0.717) is 24.8 Å². The molecule has 0 aliphatic carbocycles. The molecule has 146 valence electrons. The lowest BCUT2D eigenvalue weighted by Crippen LogP contribution is -2.35. The SMILES string of the molecule is CC1(CCCN2C(=O)CN=C(c3ccccc3)c3cc(Cl)ccc32)OCCO1. The van der Waals surface area contributed by atoms with Gasteiger partial charge in [0.1, 0.15) is 6.54 Å². The topological polar surface area (TPSA) is 51.1 Å². The van der Waals surface area contributed by atoms with Crippen LogP contribution in [0.15, 0.2) is 53.5 Å². The van der Waals surface area contributed by atoms with Gasteiger partial charge in [-0.15, -0.1) is 0 Å². The van der Waals surface area contributed by atoms with E-state index in [4.69, 9.17) is 21.1 Å². The number of carbonyl (C=O) groups is 1. The summed E-state index contributed by atoms with van der Waals surface area (Å²) in [5.74, 6) is -0.573. The number of benzodiazepines with no additional fused rings is 1. The molecule has 0 atom stereocenters. The Bertz CT molecular complexity index is 892. The lowest BCUT2D eigenvalue weighted by molar-refractivity contribution is -0.147. The maximum Gasteiger partial charge on any atom is 0.248 e. The summed E-state index contributed by atoms with van der Waals surface area (Å²) >= 11 is 6.28. The fourth-order valence-electron chi connectivity index (χ4n) is 3.73. The predicted molar refractivity (Wildman–Crippen MR) is 110 cm³/mol. The zero-order valence-corrected chi connectivity index (χ0v) is 16.6. The van der Waals surface area contributed by atoms with E-state index in [9.17, 15) is 4.79 Å². The van der Waals surface area contributed by atoms with Crippen molar-refractivity contribution in [1.29, 1.82) is 0 Å². The molecule has 2 aliphatic rings. The van der Waals surface area contributed by atoms with Crippen LogP contribution in [0.4, 0.5) is 5.69 Å². The van der Waals surface area contributed by atoms with Gasteiger partial charge in [-0.3, -0.25) is 9.79 Å².